The average molecular weight is 557 g/mol. The molecule has 0 fully saturated rings. The minimum atomic E-state index is -3.92. The molecule has 0 saturated heterocycles. The molecule has 0 saturated carbocycles. The van der Waals surface area contributed by atoms with Gasteiger partial charge in [0.25, 0.3) is 15.9 Å². The maximum Gasteiger partial charge on any atom is 0.264 e. The van der Waals surface area contributed by atoms with Crippen LogP contribution in [0.3, 0.4) is 0 Å². The maximum absolute atomic E-state index is 13.6. The van der Waals surface area contributed by atoms with Crippen molar-refractivity contribution in [1.82, 2.24) is 0 Å². The molecule has 0 radical (unpaired) electrons. The number of anilines is 2. The fourth-order valence-electron chi connectivity index (χ4n) is 3.54. The van der Waals surface area contributed by atoms with Gasteiger partial charge in [-0.15, -0.1) is 0 Å². The predicted octanol–water partition coefficient (Wildman–Crippen LogP) is 6.34. The molecule has 0 aromatic heterocycles. The molecule has 4 rings (SSSR count). The van der Waals surface area contributed by atoms with Gasteiger partial charge in [-0.2, -0.15) is 0 Å². The summed E-state index contributed by atoms with van der Waals surface area (Å²) in [7, 11) is -3.92. The Hall–Kier alpha value is -3.95. The van der Waals surface area contributed by atoms with Gasteiger partial charge in [-0.05, 0) is 73.2 Å². The molecule has 6 nitrogen and oxygen atoms in total. The number of rotatable bonds is 9. The van der Waals surface area contributed by atoms with Gasteiger partial charge >= 0.3 is 0 Å². The minimum absolute atomic E-state index is 0.0597. The SMILES string of the molecule is Cc1ccc(S(=O)(=O)N(Cc2ccc(Cl)cc2)c2ccc(OCC(=O)Nc3ccc(F)c(F)c3)cc2)cc1. The van der Waals surface area contributed by atoms with Crippen LogP contribution in [0.5, 0.6) is 5.75 Å². The van der Waals surface area contributed by atoms with Crippen molar-refractivity contribution >= 4 is 38.9 Å². The molecule has 1 N–H and O–H groups in total. The predicted molar refractivity (Wildman–Crippen MR) is 143 cm³/mol. The summed E-state index contributed by atoms with van der Waals surface area (Å²) >= 11 is 5.99. The Labute approximate surface area is 224 Å². The number of ether oxygens (including phenoxy) is 1. The number of aryl methyl sites for hydroxylation is 1. The number of hydrogen-bond acceptors (Lipinski definition) is 4. The van der Waals surface area contributed by atoms with Crippen molar-refractivity contribution in [2.45, 2.75) is 18.4 Å². The summed E-state index contributed by atoms with van der Waals surface area (Å²) < 4.78 is 60.4. The molecular formula is C28H23ClF2N2O4S. The lowest BCUT2D eigenvalue weighted by atomic mass is 10.2. The molecule has 0 aliphatic carbocycles. The first kappa shape index (κ1) is 27.1. The third-order valence-electron chi connectivity index (χ3n) is 5.55. The molecule has 0 heterocycles. The van der Waals surface area contributed by atoms with E-state index in [-0.39, 0.29) is 17.1 Å². The summed E-state index contributed by atoms with van der Waals surface area (Å²) in [6.45, 7) is 1.54. The molecular weight excluding hydrogens is 534 g/mol. The number of halogens is 3. The van der Waals surface area contributed by atoms with E-state index in [0.29, 0.717) is 16.5 Å². The lowest BCUT2D eigenvalue weighted by molar-refractivity contribution is -0.118. The van der Waals surface area contributed by atoms with Gasteiger partial charge in [0, 0.05) is 16.8 Å². The summed E-state index contributed by atoms with van der Waals surface area (Å²) in [5, 5.41) is 2.95. The molecule has 196 valence electrons. The third-order valence-corrected chi connectivity index (χ3v) is 7.59. The second-order valence-electron chi connectivity index (χ2n) is 8.41. The quantitative estimate of drug-likeness (QED) is 0.261. The van der Waals surface area contributed by atoms with E-state index in [9.17, 15) is 22.0 Å². The first-order valence-corrected chi connectivity index (χ1v) is 13.3. The fourth-order valence-corrected chi connectivity index (χ4v) is 5.12. The van der Waals surface area contributed by atoms with Crippen LogP contribution in [-0.2, 0) is 21.4 Å². The molecule has 0 aliphatic heterocycles. The van der Waals surface area contributed by atoms with Crippen molar-refractivity contribution in [3.05, 3.63) is 119 Å². The Kier molecular flexibility index (Phi) is 8.29. The summed E-state index contributed by atoms with van der Waals surface area (Å²) in [5.74, 6) is -2.36. The summed E-state index contributed by atoms with van der Waals surface area (Å²) in [6, 6.07) is 22.7. The van der Waals surface area contributed by atoms with Gasteiger partial charge in [0.15, 0.2) is 18.2 Å². The highest BCUT2D eigenvalue weighted by atomic mass is 35.5. The van der Waals surface area contributed by atoms with E-state index in [1.807, 2.05) is 6.92 Å². The first-order chi connectivity index (χ1) is 18.1. The van der Waals surface area contributed by atoms with Gasteiger partial charge in [-0.3, -0.25) is 9.10 Å². The van der Waals surface area contributed by atoms with Crippen LogP contribution in [0.1, 0.15) is 11.1 Å². The van der Waals surface area contributed by atoms with Crippen LogP contribution < -0.4 is 14.4 Å². The Morgan fingerprint density at radius 2 is 1.55 bits per heavy atom. The van der Waals surface area contributed by atoms with Crippen molar-refractivity contribution in [3.8, 4) is 5.75 Å². The highest BCUT2D eigenvalue weighted by molar-refractivity contribution is 7.92. The smallest absolute Gasteiger partial charge is 0.264 e. The number of carbonyl (C=O) groups is 1. The number of nitrogens with one attached hydrogen (secondary N) is 1. The molecule has 0 bridgehead atoms. The zero-order valence-electron chi connectivity index (χ0n) is 20.2. The van der Waals surface area contributed by atoms with Gasteiger partial charge in [0.1, 0.15) is 5.75 Å². The van der Waals surface area contributed by atoms with E-state index in [1.54, 1.807) is 72.8 Å². The number of amides is 1. The Bertz CT molecular complexity index is 1530. The number of carbonyl (C=O) groups excluding carboxylic acids is 1. The highest BCUT2D eigenvalue weighted by Gasteiger charge is 2.25. The molecule has 4 aromatic rings. The first-order valence-electron chi connectivity index (χ1n) is 11.4. The summed E-state index contributed by atoms with van der Waals surface area (Å²) in [5.41, 5.74) is 2.15. The van der Waals surface area contributed by atoms with Gasteiger partial charge in [-0.25, -0.2) is 17.2 Å². The number of hydrogen-bond donors (Lipinski definition) is 1. The van der Waals surface area contributed by atoms with Gasteiger partial charge in [0.05, 0.1) is 17.1 Å². The van der Waals surface area contributed by atoms with Gasteiger partial charge in [-0.1, -0.05) is 41.4 Å². The summed E-state index contributed by atoms with van der Waals surface area (Å²) in [4.78, 5) is 12.3. The zero-order valence-corrected chi connectivity index (χ0v) is 21.8. The van der Waals surface area contributed by atoms with E-state index in [2.05, 4.69) is 5.32 Å². The van der Waals surface area contributed by atoms with Crippen LogP contribution in [0.4, 0.5) is 20.2 Å². The number of nitrogens with zero attached hydrogens (tertiary/aromatic N) is 1. The van der Waals surface area contributed by atoms with Crippen molar-refractivity contribution < 1.29 is 26.7 Å². The van der Waals surface area contributed by atoms with E-state index in [0.717, 1.165) is 23.3 Å². The van der Waals surface area contributed by atoms with E-state index >= 15 is 0 Å². The van der Waals surface area contributed by atoms with E-state index in [4.69, 9.17) is 16.3 Å². The molecule has 0 atom stereocenters. The molecule has 0 aliphatic rings. The van der Waals surface area contributed by atoms with Crippen LogP contribution in [0.15, 0.2) is 95.9 Å². The average Bonchev–Trinajstić information content (AvgIpc) is 2.90. The molecule has 1 amide bonds. The van der Waals surface area contributed by atoms with E-state index in [1.165, 1.54) is 10.4 Å². The number of sulfonamides is 1. The molecule has 0 unspecified atom stereocenters. The maximum atomic E-state index is 13.6. The van der Waals surface area contributed by atoms with E-state index < -0.39 is 34.2 Å². The van der Waals surface area contributed by atoms with Crippen LogP contribution in [0.2, 0.25) is 5.02 Å². The number of benzene rings is 4. The third kappa shape index (κ3) is 6.67. The largest absolute Gasteiger partial charge is 0.484 e. The van der Waals surface area contributed by atoms with Crippen molar-refractivity contribution in [1.29, 1.82) is 0 Å². The van der Waals surface area contributed by atoms with Crippen LogP contribution >= 0.6 is 11.6 Å². The van der Waals surface area contributed by atoms with Crippen molar-refractivity contribution in [3.63, 3.8) is 0 Å². The lowest BCUT2D eigenvalue weighted by Crippen LogP contribution is -2.30. The topological polar surface area (TPSA) is 75.7 Å². The molecule has 38 heavy (non-hydrogen) atoms. The minimum Gasteiger partial charge on any atom is -0.484 e. The highest BCUT2D eigenvalue weighted by Crippen LogP contribution is 2.28. The Morgan fingerprint density at radius 3 is 2.18 bits per heavy atom. The van der Waals surface area contributed by atoms with Crippen molar-refractivity contribution in [2.24, 2.45) is 0 Å². The fraction of sp³-hybridized carbons (Fsp3) is 0.107. The normalized spacial score (nSPS) is 11.2. The lowest BCUT2D eigenvalue weighted by Gasteiger charge is -2.25. The Balaban J connectivity index is 1.51. The standard InChI is InChI=1S/C28H23ClF2N2O4S/c1-19-2-13-25(14-3-19)38(35,36)33(17-20-4-6-21(29)7-5-20)23-9-11-24(12-10-23)37-18-28(34)32-22-8-15-26(30)27(31)16-22/h2-16H,17-18H2,1H3,(H,32,34). The second kappa shape index (κ2) is 11.6. The van der Waals surface area contributed by atoms with Crippen molar-refractivity contribution in [2.75, 3.05) is 16.2 Å². The van der Waals surface area contributed by atoms with Crippen LogP contribution in [-0.4, -0.2) is 20.9 Å². The van der Waals surface area contributed by atoms with Crippen LogP contribution in [0, 0.1) is 18.6 Å². The monoisotopic (exact) mass is 556 g/mol. The molecule has 4 aromatic carbocycles. The molecule has 10 heteroatoms. The summed E-state index contributed by atoms with van der Waals surface area (Å²) in [6.07, 6.45) is 0. The van der Waals surface area contributed by atoms with Gasteiger partial charge in [0.2, 0.25) is 0 Å². The van der Waals surface area contributed by atoms with Gasteiger partial charge < -0.3 is 10.1 Å². The molecule has 0 spiro atoms. The second-order valence-corrected chi connectivity index (χ2v) is 10.7. The van der Waals surface area contributed by atoms with Crippen LogP contribution in [0.25, 0.3) is 0 Å². The zero-order chi connectivity index (χ0) is 27.3. The Morgan fingerprint density at radius 1 is 0.895 bits per heavy atom.